The average Bonchev–Trinajstić information content (AvgIpc) is 1.62. The number of hydroxylamine groups is 2. The molecule has 2 N–H and O–H groups in total. The number of carboxylic acids is 1. The van der Waals surface area contributed by atoms with Crippen LogP contribution in [-0.4, -0.2) is 196 Å². The molecule has 112 heavy (non-hydrogen) atoms. The summed E-state index contributed by atoms with van der Waals surface area (Å²) >= 11 is 0. The molecule has 0 saturated carbocycles. The van der Waals surface area contributed by atoms with Crippen molar-refractivity contribution in [2.45, 2.75) is 272 Å². The van der Waals surface area contributed by atoms with Crippen molar-refractivity contribution in [2.75, 3.05) is 42.3 Å². The van der Waals surface area contributed by atoms with Crippen molar-refractivity contribution in [2.24, 2.45) is 17.8 Å². The van der Waals surface area contributed by atoms with Crippen LogP contribution in [0, 0.1) is 41.0 Å². The summed E-state index contributed by atoms with van der Waals surface area (Å²) in [5.74, 6) is -1.87. The number of fused-ring (bicyclic) bond motifs is 12. The van der Waals surface area contributed by atoms with Crippen LogP contribution in [0.1, 0.15) is 236 Å². The number of benzene rings is 4. The van der Waals surface area contributed by atoms with Crippen LogP contribution in [0.15, 0.2) is 132 Å². The molecule has 12 aliphatic rings. The van der Waals surface area contributed by atoms with E-state index >= 15 is 0 Å². The van der Waals surface area contributed by atoms with Crippen LogP contribution in [-0.2, 0) is 19.2 Å². The van der Waals surface area contributed by atoms with Crippen molar-refractivity contribution in [3.63, 3.8) is 0 Å². The van der Waals surface area contributed by atoms with Gasteiger partial charge >= 0.3 is 12.1 Å². The lowest BCUT2D eigenvalue weighted by atomic mass is 9.85. The maximum atomic E-state index is 13.8. The zero-order chi connectivity index (χ0) is 78.7. The summed E-state index contributed by atoms with van der Waals surface area (Å²) in [4.78, 5) is 100.0. The maximum Gasteiger partial charge on any atom is 0.410 e. The van der Waals surface area contributed by atoms with Crippen molar-refractivity contribution in [1.29, 1.82) is 0 Å². The minimum absolute atomic E-state index is 0. The normalized spacial score (nSPS) is 28.4. The van der Waals surface area contributed by atoms with E-state index in [0.717, 1.165) is 95.5 Å². The first kappa shape index (κ1) is 89.0. The molecule has 17 nitrogen and oxygen atoms in total. The highest BCUT2D eigenvalue weighted by Crippen LogP contribution is 2.44. The van der Waals surface area contributed by atoms with Gasteiger partial charge in [0, 0.05) is 111 Å². The largest absolute Gasteiger partial charge is 0.478 e. The molecule has 0 spiro atoms. The number of likely N-dealkylation sites (N-methyl/N-ethyl adjacent to an activating group) is 1. The molecule has 12 fully saturated rings. The third kappa shape index (κ3) is 23.4. The first-order valence-electron chi connectivity index (χ1n) is 40.4. The number of carbonyl (C=O) groups excluding carboxylic acids is 6. The second-order valence-corrected chi connectivity index (χ2v) is 34.3. The van der Waals surface area contributed by atoms with Gasteiger partial charge in [-0.05, 0) is 275 Å². The molecular weight excluding hydrogens is 1470 g/mol. The van der Waals surface area contributed by atoms with E-state index in [4.69, 9.17) is 14.7 Å². The molecule has 612 valence electrons. The fourth-order valence-corrected chi connectivity index (χ4v) is 19.9. The summed E-state index contributed by atoms with van der Waals surface area (Å²) in [6.45, 7) is 5.60. The summed E-state index contributed by atoms with van der Waals surface area (Å²) in [5.41, 5.74) is 3.94. The molecule has 12 saturated heterocycles. The fraction of sp³-hybridized carbons (Fsp3) is 0.584. The SMILES string of the molecule is CC(C)(C)OC(=O)N1C2CCC1CC(CC(=O)c1ccccc1F)C2.CN1C2CCC1CC(=CC(=O)O)C2.CN1C2CCC1CC(=CC(=O)c1ccccc1F)C2.CN1C2CCC1CC(CC(=O)c1ccccc1F)C2.CON(C)C(=O)C=C1CC2CCC(C1)N2C.Cl.Cl.O=C(CC1CC2CCC(C1)N2)c1ccccc1F. The maximum absolute atomic E-state index is 13.8. The van der Waals surface area contributed by atoms with Crippen LogP contribution < -0.4 is 5.32 Å². The average molecular weight is 1590 g/mol. The number of Topliss-reactive ketones (excluding diaryl/α,β-unsaturated/α-hetero) is 3. The van der Waals surface area contributed by atoms with Crippen LogP contribution in [0.4, 0.5) is 22.4 Å². The minimum Gasteiger partial charge on any atom is -0.478 e. The molecule has 0 aromatic heterocycles. The van der Waals surface area contributed by atoms with E-state index in [0.29, 0.717) is 91.5 Å². The van der Waals surface area contributed by atoms with E-state index in [1.165, 1.54) is 118 Å². The third-order valence-electron chi connectivity index (χ3n) is 25.8. The van der Waals surface area contributed by atoms with E-state index in [1.54, 1.807) is 92.0 Å². The van der Waals surface area contributed by atoms with E-state index in [-0.39, 0.29) is 112 Å². The monoisotopic (exact) mass is 1590 g/mol. The highest BCUT2D eigenvalue weighted by molar-refractivity contribution is 6.05. The predicted octanol–water partition coefficient (Wildman–Crippen LogP) is 17.3. The summed E-state index contributed by atoms with van der Waals surface area (Å²) < 4.78 is 60.0. The molecule has 4 aromatic rings. The number of ether oxygens (including phenoxy) is 1. The molecular formula is C89H119Cl2F4N7O10. The van der Waals surface area contributed by atoms with Gasteiger partial charge < -0.3 is 25.0 Å². The summed E-state index contributed by atoms with van der Waals surface area (Å²) in [7, 11) is 11.9. The number of carboxylic acid groups (broad SMARTS) is 1. The molecule has 12 aliphatic heterocycles. The number of nitrogens with zero attached hydrogens (tertiary/aromatic N) is 6. The molecule has 0 aliphatic carbocycles. The Morgan fingerprint density at radius 2 is 0.732 bits per heavy atom. The number of halogens is 6. The van der Waals surface area contributed by atoms with Gasteiger partial charge in [-0.25, -0.2) is 32.2 Å². The number of ketones is 4. The summed E-state index contributed by atoms with van der Waals surface area (Å²) in [5, 5.41) is 13.5. The number of carbonyl (C=O) groups is 7. The van der Waals surface area contributed by atoms with Gasteiger partial charge in [-0.15, -0.1) is 24.8 Å². The van der Waals surface area contributed by atoms with Gasteiger partial charge in [0.05, 0.1) is 29.4 Å². The Hall–Kier alpha value is -6.95. The van der Waals surface area contributed by atoms with E-state index in [9.17, 15) is 51.1 Å². The lowest BCUT2D eigenvalue weighted by Gasteiger charge is -2.39. The van der Waals surface area contributed by atoms with Gasteiger partial charge in [-0.3, -0.25) is 43.5 Å². The van der Waals surface area contributed by atoms with E-state index in [2.05, 4.69) is 53.1 Å². The first-order valence-corrected chi connectivity index (χ1v) is 40.4. The predicted molar refractivity (Wildman–Crippen MR) is 432 cm³/mol. The highest BCUT2D eigenvalue weighted by Gasteiger charge is 2.46. The summed E-state index contributed by atoms with van der Waals surface area (Å²) in [6.07, 6.45) is 32.0. The molecule has 23 heteroatoms. The van der Waals surface area contributed by atoms with Crippen LogP contribution in [0.2, 0.25) is 0 Å². The molecule has 0 radical (unpaired) electrons. The van der Waals surface area contributed by atoms with Crippen molar-refractivity contribution in [3.8, 4) is 0 Å². The molecule has 2 amide bonds. The zero-order valence-corrected chi connectivity index (χ0v) is 68.5. The minimum atomic E-state index is -0.793. The van der Waals surface area contributed by atoms with Crippen LogP contribution in [0.3, 0.4) is 0 Å². The van der Waals surface area contributed by atoms with Crippen LogP contribution in [0.5, 0.6) is 0 Å². The van der Waals surface area contributed by atoms with Gasteiger partial charge in [-0.2, -0.15) is 0 Å². The lowest BCUT2D eigenvalue weighted by molar-refractivity contribution is -0.162. The smallest absolute Gasteiger partial charge is 0.410 e. The van der Waals surface area contributed by atoms with Gasteiger partial charge in [0.25, 0.3) is 5.91 Å². The first-order chi connectivity index (χ1) is 52.5. The van der Waals surface area contributed by atoms with Crippen LogP contribution >= 0.6 is 24.8 Å². The van der Waals surface area contributed by atoms with Gasteiger partial charge in [0.1, 0.15) is 28.9 Å². The quantitative estimate of drug-likeness (QED) is 0.0524. The van der Waals surface area contributed by atoms with E-state index in [1.807, 2.05) is 25.7 Å². The number of amides is 2. The van der Waals surface area contributed by atoms with Gasteiger partial charge in [0.2, 0.25) is 0 Å². The molecule has 16 rings (SSSR count). The van der Waals surface area contributed by atoms with Gasteiger partial charge in [-0.1, -0.05) is 65.3 Å². The number of allylic oxidation sites excluding steroid dienone is 1. The second kappa shape index (κ2) is 40.6. The van der Waals surface area contributed by atoms with Crippen LogP contribution in [0.25, 0.3) is 0 Å². The number of piperidine rings is 6. The second-order valence-electron chi connectivity index (χ2n) is 34.3. The van der Waals surface area contributed by atoms with Crippen molar-refractivity contribution in [1.82, 2.24) is 34.9 Å². The van der Waals surface area contributed by atoms with Crippen molar-refractivity contribution in [3.05, 3.63) is 178 Å². The Morgan fingerprint density at radius 1 is 0.438 bits per heavy atom. The topological polar surface area (TPSA) is 190 Å². The zero-order valence-electron chi connectivity index (χ0n) is 66.9. The number of rotatable bonds is 14. The van der Waals surface area contributed by atoms with Crippen molar-refractivity contribution < 1.29 is 65.8 Å². The number of nitrogens with one attached hydrogen (secondary N) is 1. The summed E-state index contributed by atoms with van der Waals surface area (Å²) in [6, 6.07) is 31.3. The standard InChI is InChI=1S/C20H26FNO3.C16H20FNO.C16H18FNO.C15H18FNO.C12H20N2O2.C10H15NO2.2ClH/c1-20(2,3)25-19(24)22-14-8-9-15(22)11-13(10-14)12-18(23)16-6-4-5-7-17(16)21;2*1-18-12-6-7-13(18)9-11(8-12)10-16(19)14-4-2-3-5-15(14)17;16-14-4-2-1-3-13(14)15(18)9-10-7-11-5-6-12(8-10)17-11;1-13-10-4-5-11(13)7-9(6-10)8-12(15)14(2)16-3;1-11-8-2-3-9(11)5-7(4-8)6-10(12)13;;/h4-7,13-15H,8-12H2,1-3H3;2-5,11-13H,6-10H2,1H3;2-5,10,12-13H,6-9H2,1H3;1-4,10-12,17H,5-9H2;8,10-11H,4-7H2,1-3H3;6,8-9H,2-5H2,1H3,(H,12,13);2*1H. The third-order valence-corrected chi connectivity index (χ3v) is 25.8. The highest BCUT2D eigenvalue weighted by atomic mass is 35.5. The number of aliphatic carboxylic acids is 1. The fourth-order valence-electron chi connectivity index (χ4n) is 19.9. The van der Waals surface area contributed by atoms with Gasteiger partial charge in [0.15, 0.2) is 23.1 Å². The molecule has 12 heterocycles. The Morgan fingerprint density at radius 3 is 1.07 bits per heavy atom. The molecule has 12 atom stereocenters. The Balaban J connectivity index is 0.000000155. The van der Waals surface area contributed by atoms with E-state index < -0.39 is 23.2 Å². The Bertz CT molecular complexity index is 3940. The Kier molecular flexibility index (Phi) is 32.2. The lowest BCUT2D eigenvalue weighted by Crippen LogP contribution is -2.48. The van der Waals surface area contributed by atoms with Crippen molar-refractivity contribution >= 4 is 65.9 Å². The number of hydrogen-bond donors (Lipinski definition) is 2. The number of hydrogen-bond acceptors (Lipinski definition) is 14. The Labute approximate surface area is 672 Å². The molecule has 4 aromatic carbocycles. The molecule has 12 bridgehead atoms. The molecule has 12 unspecified atom stereocenters.